The van der Waals surface area contributed by atoms with Crippen LogP contribution in [0.3, 0.4) is 0 Å². The second-order valence-electron chi connectivity index (χ2n) is 5.61. The molecule has 2 rings (SSSR count). The average molecular weight is 413 g/mol. The summed E-state index contributed by atoms with van der Waals surface area (Å²) in [5.74, 6) is -3.14. The van der Waals surface area contributed by atoms with Crippen molar-refractivity contribution in [3.63, 3.8) is 0 Å². The summed E-state index contributed by atoms with van der Waals surface area (Å²) in [4.78, 5) is 22.1. The Morgan fingerprint density at radius 2 is 1.71 bits per heavy atom. The third-order valence-corrected chi connectivity index (χ3v) is 5.98. The van der Waals surface area contributed by atoms with Crippen LogP contribution >= 0.6 is 0 Å². The van der Waals surface area contributed by atoms with Gasteiger partial charge in [-0.25, -0.2) is 17.2 Å². The SMILES string of the molecule is CCN(CC)S(=O)(=O)c1ccc(F)c(C(=O)Nc2cc([N+](=O)[O-])ccc2F)c1. The van der Waals surface area contributed by atoms with Crippen LogP contribution in [0.15, 0.2) is 41.3 Å². The number of carbonyl (C=O) groups excluding carboxylic acids is 1. The summed E-state index contributed by atoms with van der Waals surface area (Å²) in [5.41, 5.74) is -1.65. The van der Waals surface area contributed by atoms with Gasteiger partial charge in [0.1, 0.15) is 11.6 Å². The van der Waals surface area contributed by atoms with Gasteiger partial charge in [-0.2, -0.15) is 4.31 Å². The highest BCUT2D eigenvalue weighted by molar-refractivity contribution is 7.89. The van der Waals surface area contributed by atoms with Crippen LogP contribution in [-0.4, -0.2) is 36.6 Å². The number of rotatable bonds is 7. The first-order valence-electron chi connectivity index (χ1n) is 8.16. The minimum absolute atomic E-state index is 0.177. The van der Waals surface area contributed by atoms with Gasteiger partial charge in [-0.1, -0.05) is 13.8 Å². The van der Waals surface area contributed by atoms with Crippen LogP contribution in [0.1, 0.15) is 24.2 Å². The van der Waals surface area contributed by atoms with Crippen molar-refractivity contribution >= 4 is 27.3 Å². The number of halogens is 2. The van der Waals surface area contributed by atoms with Gasteiger partial charge < -0.3 is 5.32 Å². The molecule has 150 valence electrons. The fourth-order valence-corrected chi connectivity index (χ4v) is 3.95. The summed E-state index contributed by atoms with van der Waals surface area (Å²) >= 11 is 0. The molecule has 0 unspecified atom stereocenters. The Hall–Kier alpha value is -2.92. The first-order chi connectivity index (χ1) is 13.1. The Morgan fingerprint density at radius 3 is 2.29 bits per heavy atom. The summed E-state index contributed by atoms with van der Waals surface area (Å²) in [6, 6.07) is 5.15. The molecule has 2 aromatic rings. The van der Waals surface area contributed by atoms with Crippen LogP contribution in [-0.2, 0) is 10.0 Å². The molecule has 0 aliphatic carbocycles. The van der Waals surface area contributed by atoms with Gasteiger partial charge in [0.2, 0.25) is 10.0 Å². The summed E-state index contributed by atoms with van der Waals surface area (Å²) < 4.78 is 54.2. The molecule has 2 aromatic carbocycles. The van der Waals surface area contributed by atoms with Crippen molar-refractivity contribution in [1.82, 2.24) is 4.31 Å². The number of hydrogen-bond donors (Lipinski definition) is 1. The molecule has 0 saturated heterocycles. The number of nitrogens with zero attached hydrogens (tertiary/aromatic N) is 2. The highest BCUT2D eigenvalue weighted by Crippen LogP contribution is 2.24. The number of amides is 1. The maximum absolute atomic E-state index is 14.1. The zero-order valence-corrected chi connectivity index (χ0v) is 15.8. The van der Waals surface area contributed by atoms with Crippen LogP contribution in [0.2, 0.25) is 0 Å². The summed E-state index contributed by atoms with van der Waals surface area (Å²) in [5, 5.41) is 12.8. The predicted octanol–water partition coefficient (Wildman–Crippen LogP) is 3.16. The van der Waals surface area contributed by atoms with Gasteiger partial charge in [-0.05, 0) is 24.3 Å². The lowest BCUT2D eigenvalue weighted by molar-refractivity contribution is -0.384. The van der Waals surface area contributed by atoms with E-state index in [1.807, 2.05) is 5.32 Å². The van der Waals surface area contributed by atoms with Crippen LogP contribution in [0.25, 0.3) is 0 Å². The third-order valence-electron chi connectivity index (χ3n) is 3.93. The van der Waals surface area contributed by atoms with Crippen molar-refractivity contribution in [2.45, 2.75) is 18.7 Å². The number of hydrogen-bond acceptors (Lipinski definition) is 5. The fraction of sp³-hybridized carbons (Fsp3) is 0.235. The second-order valence-corrected chi connectivity index (χ2v) is 7.54. The topological polar surface area (TPSA) is 110 Å². The standard InChI is InChI=1S/C17H17F2N3O5S/c1-3-21(4-2)28(26,27)12-6-8-14(18)13(10-12)17(23)20-16-9-11(22(24)25)5-7-15(16)19/h5-10H,3-4H2,1-2H3,(H,20,23). The first-order valence-corrected chi connectivity index (χ1v) is 9.60. The molecule has 0 spiro atoms. The average Bonchev–Trinajstić information content (AvgIpc) is 2.64. The second kappa shape index (κ2) is 8.40. The molecule has 0 saturated carbocycles. The van der Waals surface area contributed by atoms with E-state index in [0.717, 1.165) is 40.7 Å². The minimum Gasteiger partial charge on any atom is -0.319 e. The number of nitro benzene ring substituents is 1. The van der Waals surface area contributed by atoms with E-state index in [-0.39, 0.29) is 18.0 Å². The number of anilines is 1. The number of sulfonamides is 1. The van der Waals surface area contributed by atoms with Crippen LogP contribution in [0.5, 0.6) is 0 Å². The maximum atomic E-state index is 14.1. The number of nitrogens with one attached hydrogen (secondary N) is 1. The summed E-state index contributed by atoms with van der Waals surface area (Å²) in [7, 11) is -3.95. The normalized spacial score (nSPS) is 11.5. The number of benzene rings is 2. The van der Waals surface area contributed by atoms with E-state index < -0.39 is 49.4 Å². The van der Waals surface area contributed by atoms with Gasteiger partial charge in [-0.15, -0.1) is 0 Å². The Balaban J connectivity index is 2.42. The lowest BCUT2D eigenvalue weighted by Gasteiger charge is -2.19. The van der Waals surface area contributed by atoms with E-state index in [1.165, 1.54) is 0 Å². The molecule has 11 heteroatoms. The largest absolute Gasteiger partial charge is 0.319 e. The number of carbonyl (C=O) groups is 1. The van der Waals surface area contributed by atoms with Crippen molar-refractivity contribution in [2.24, 2.45) is 0 Å². The molecule has 0 atom stereocenters. The molecule has 0 radical (unpaired) electrons. The molecular formula is C17H17F2N3O5S. The van der Waals surface area contributed by atoms with Crippen LogP contribution in [0, 0.1) is 21.7 Å². The summed E-state index contributed by atoms with van der Waals surface area (Å²) in [6.07, 6.45) is 0. The van der Waals surface area contributed by atoms with Gasteiger partial charge in [0.05, 0.1) is 21.1 Å². The smallest absolute Gasteiger partial charge is 0.271 e. The van der Waals surface area contributed by atoms with Crippen molar-refractivity contribution in [3.8, 4) is 0 Å². The fourth-order valence-electron chi connectivity index (χ4n) is 2.46. The lowest BCUT2D eigenvalue weighted by atomic mass is 10.2. The van der Waals surface area contributed by atoms with E-state index in [0.29, 0.717) is 0 Å². The molecule has 0 aliphatic rings. The van der Waals surface area contributed by atoms with Crippen LogP contribution in [0.4, 0.5) is 20.2 Å². The molecule has 1 amide bonds. The first kappa shape index (κ1) is 21.4. The molecule has 0 aromatic heterocycles. The van der Waals surface area contributed by atoms with Gasteiger partial charge >= 0.3 is 0 Å². The molecule has 8 nitrogen and oxygen atoms in total. The van der Waals surface area contributed by atoms with E-state index in [2.05, 4.69) is 0 Å². The predicted molar refractivity (Wildman–Crippen MR) is 97.5 cm³/mol. The van der Waals surface area contributed by atoms with Crippen molar-refractivity contribution < 1.29 is 26.9 Å². The summed E-state index contributed by atoms with van der Waals surface area (Å²) in [6.45, 7) is 3.61. The van der Waals surface area contributed by atoms with Crippen molar-refractivity contribution in [1.29, 1.82) is 0 Å². The zero-order chi connectivity index (χ0) is 21.1. The highest BCUT2D eigenvalue weighted by atomic mass is 32.2. The monoisotopic (exact) mass is 413 g/mol. The third kappa shape index (κ3) is 4.31. The van der Waals surface area contributed by atoms with E-state index in [1.54, 1.807) is 13.8 Å². The van der Waals surface area contributed by atoms with Gasteiger partial charge in [0.25, 0.3) is 11.6 Å². The van der Waals surface area contributed by atoms with Gasteiger partial charge in [0, 0.05) is 25.2 Å². The lowest BCUT2D eigenvalue weighted by Crippen LogP contribution is -2.31. The van der Waals surface area contributed by atoms with E-state index >= 15 is 0 Å². The van der Waals surface area contributed by atoms with Crippen molar-refractivity contribution in [3.05, 3.63) is 63.7 Å². The number of non-ortho nitro benzene ring substituents is 1. The van der Waals surface area contributed by atoms with Crippen molar-refractivity contribution in [2.75, 3.05) is 18.4 Å². The van der Waals surface area contributed by atoms with Gasteiger partial charge in [0.15, 0.2) is 0 Å². The Kier molecular flexibility index (Phi) is 6.41. The van der Waals surface area contributed by atoms with E-state index in [4.69, 9.17) is 0 Å². The molecule has 28 heavy (non-hydrogen) atoms. The Morgan fingerprint density at radius 1 is 1.11 bits per heavy atom. The minimum atomic E-state index is -3.95. The maximum Gasteiger partial charge on any atom is 0.271 e. The molecule has 0 fully saturated rings. The van der Waals surface area contributed by atoms with Gasteiger partial charge in [-0.3, -0.25) is 14.9 Å². The van der Waals surface area contributed by atoms with E-state index in [9.17, 15) is 32.1 Å². The highest BCUT2D eigenvalue weighted by Gasteiger charge is 2.25. The molecule has 1 N–H and O–H groups in total. The Bertz CT molecular complexity index is 1020. The Labute approximate surface area is 160 Å². The quantitative estimate of drug-likeness (QED) is 0.554. The molecule has 0 aliphatic heterocycles. The molecular weight excluding hydrogens is 396 g/mol. The van der Waals surface area contributed by atoms with Crippen LogP contribution < -0.4 is 5.32 Å². The zero-order valence-electron chi connectivity index (χ0n) is 15.0. The number of nitro groups is 1. The molecule has 0 heterocycles. The molecule has 0 bridgehead atoms.